The van der Waals surface area contributed by atoms with Crippen LogP contribution in [-0.4, -0.2) is 35.9 Å². The molecule has 1 aromatic rings. The van der Waals surface area contributed by atoms with E-state index in [0.29, 0.717) is 17.8 Å². The molecule has 1 atom stereocenters. The SMILES string of the molecule is CCC(C)(O)CNS(=O)(=O)c1c(C)n[nH]c1C. The first-order chi connectivity index (χ1) is 7.69. The van der Waals surface area contributed by atoms with Crippen molar-refractivity contribution in [3.8, 4) is 0 Å². The Balaban J connectivity index is 2.91. The molecular weight excluding hydrogens is 242 g/mol. The first kappa shape index (κ1) is 14.1. The van der Waals surface area contributed by atoms with E-state index in [9.17, 15) is 13.5 Å². The number of aromatic nitrogens is 2. The van der Waals surface area contributed by atoms with Crippen LogP contribution in [0.1, 0.15) is 31.7 Å². The second kappa shape index (κ2) is 4.75. The van der Waals surface area contributed by atoms with Crippen molar-refractivity contribution in [2.24, 2.45) is 0 Å². The van der Waals surface area contributed by atoms with Gasteiger partial charge in [-0.15, -0.1) is 0 Å². The molecule has 1 aromatic heterocycles. The Labute approximate surface area is 101 Å². The zero-order valence-corrected chi connectivity index (χ0v) is 11.3. The van der Waals surface area contributed by atoms with Crippen LogP contribution in [0.15, 0.2) is 4.90 Å². The molecule has 0 saturated carbocycles. The van der Waals surface area contributed by atoms with Crippen LogP contribution in [0.4, 0.5) is 0 Å². The van der Waals surface area contributed by atoms with Crippen LogP contribution >= 0.6 is 0 Å². The maximum atomic E-state index is 12.0. The van der Waals surface area contributed by atoms with E-state index in [-0.39, 0.29) is 11.4 Å². The van der Waals surface area contributed by atoms with Gasteiger partial charge in [-0.1, -0.05) is 6.92 Å². The summed E-state index contributed by atoms with van der Waals surface area (Å²) in [6.45, 7) is 6.63. The van der Waals surface area contributed by atoms with Gasteiger partial charge in [0.1, 0.15) is 4.90 Å². The number of rotatable bonds is 5. The highest BCUT2D eigenvalue weighted by atomic mass is 32.2. The molecule has 0 amide bonds. The third-order valence-electron chi connectivity index (χ3n) is 2.73. The minimum absolute atomic E-state index is 0.0180. The first-order valence-corrected chi connectivity index (χ1v) is 6.91. The third-order valence-corrected chi connectivity index (χ3v) is 4.40. The first-order valence-electron chi connectivity index (χ1n) is 5.43. The van der Waals surface area contributed by atoms with Gasteiger partial charge >= 0.3 is 0 Å². The monoisotopic (exact) mass is 261 g/mol. The van der Waals surface area contributed by atoms with E-state index in [1.54, 1.807) is 27.7 Å². The van der Waals surface area contributed by atoms with Crippen LogP contribution in [0.3, 0.4) is 0 Å². The summed E-state index contributed by atoms with van der Waals surface area (Å²) in [6.07, 6.45) is 0.471. The average Bonchev–Trinajstić information content (AvgIpc) is 2.57. The number of hydrogen-bond donors (Lipinski definition) is 3. The summed E-state index contributed by atoms with van der Waals surface area (Å²) in [5, 5.41) is 16.2. The molecule has 0 bridgehead atoms. The number of sulfonamides is 1. The second-order valence-corrected chi connectivity index (χ2v) is 6.14. The van der Waals surface area contributed by atoms with Gasteiger partial charge in [-0.2, -0.15) is 5.10 Å². The van der Waals surface area contributed by atoms with Crippen molar-refractivity contribution >= 4 is 10.0 Å². The average molecular weight is 261 g/mol. The van der Waals surface area contributed by atoms with E-state index in [0.717, 1.165) is 0 Å². The van der Waals surface area contributed by atoms with Gasteiger partial charge in [-0.3, -0.25) is 5.10 Å². The van der Waals surface area contributed by atoms with Crippen molar-refractivity contribution in [3.05, 3.63) is 11.4 Å². The molecule has 3 N–H and O–H groups in total. The van der Waals surface area contributed by atoms with Crippen molar-refractivity contribution in [1.82, 2.24) is 14.9 Å². The molecule has 6 nitrogen and oxygen atoms in total. The quantitative estimate of drug-likeness (QED) is 0.718. The van der Waals surface area contributed by atoms with Crippen LogP contribution in [0.5, 0.6) is 0 Å². The highest BCUT2D eigenvalue weighted by molar-refractivity contribution is 7.89. The van der Waals surface area contributed by atoms with Crippen molar-refractivity contribution in [2.75, 3.05) is 6.54 Å². The zero-order valence-electron chi connectivity index (χ0n) is 10.5. The maximum absolute atomic E-state index is 12.0. The third kappa shape index (κ3) is 3.27. The fraction of sp³-hybridized carbons (Fsp3) is 0.700. The Kier molecular flexibility index (Phi) is 3.95. The molecule has 0 fully saturated rings. The van der Waals surface area contributed by atoms with Crippen molar-refractivity contribution in [3.63, 3.8) is 0 Å². The fourth-order valence-electron chi connectivity index (χ4n) is 1.38. The largest absolute Gasteiger partial charge is 0.389 e. The van der Waals surface area contributed by atoms with E-state index in [4.69, 9.17) is 0 Å². The molecule has 0 aliphatic heterocycles. The van der Waals surface area contributed by atoms with Gasteiger partial charge < -0.3 is 5.11 Å². The molecule has 0 aromatic carbocycles. The standard InChI is InChI=1S/C10H19N3O3S/c1-5-10(4,14)6-11-17(15,16)9-7(2)12-13-8(9)3/h11,14H,5-6H2,1-4H3,(H,12,13). The lowest BCUT2D eigenvalue weighted by atomic mass is 10.1. The van der Waals surface area contributed by atoms with Gasteiger partial charge in [-0.05, 0) is 27.2 Å². The van der Waals surface area contributed by atoms with E-state index < -0.39 is 15.6 Å². The number of H-pyrrole nitrogens is 1. The predicted octanol–water partition coefficient (Wildman–Crippen LogP) is 0.466. The predicted molar refractivity (Wildman–Crippen MR) is 64.2 cm³/mol. The Morgan fingerprint density at radius 3 is 2.47 bits per heavy atom. The number of nitrogens with one attached hydrogen (secondary N) is 2. The van der Waals surface area contributed by atoms with Crippen LogP contribution in [0.25, 0.3) is 0 Å². The summed E-state index contributed by atoms with van der Waals surface area (Å²) in [7, 11) is -3.63. The number of aromatic amines is 1. The molecule has 7 heteroatoms. The molecule has 1 heterocycles. The maximum Gasteiger partial charge on any atom is 0.244 e. The Morgan fingerprint density at radius 1 is 1.47 bits per heavy atom. The number of aliphatic hydroxyl groups is 1. The van der Waals surface area contributed by atoms with E-state index >= 15 is 0 Å². The normalized spacial score (nSPS) is 15.8. The topological polar surface area (TPSA) is 95.1 Å². The molecule has 0 radical (unpaired) electrons. The summed E-state index contributed by atoms with van der Waals surface area (Å²) in [4.78, 5) is 0.157. The molecule has 0 saturated heterocycles. The van der Waals surface area contributed by atoms with Crippen LogP contribution in [-0.2, 0) is 10.0 Å². The molecule has 1 unspecified atom stereocenters. The summed E-state index contributed by atoms with van der Waals surface area (Å²) < 4.78 is 26.4. The highest BCUT2D eigenvalue weighted by Gasteiger charge is 2.26. The van der Waals surface area contributed by atoms with E-state index in [1.807, 2.05) is 0 Å². The smallest absolute Gasteiger partial charge is 0.244 e. The Hall–Kier alpha value is -0.920. The summed E-state index contributed by atoms with van der Waals surface area (Å²) in [5.74, 6) is 0. The molecule has 98 valence electrons. The van der Waals surface area contributed by atoms with Gasteiger partial charge in [0, 0.05) is 6.54 Å². The summed E-state index contributed by atoms with van der Waals surface area (Å²) in [6, 6.07) is 0. The highest BCUT2D eigenvalue weighted by Crippen LogP contribution is 2.17. The van der Waals surface area contributed by atoms with E-state index in [2.05, 4.69) is 14.9 Å². The lowest BCUT2D eigenvalue weighted by Crippen LogP contribution is -2.40. The molecule has 0 spiro atoms. The van der Waals surface area contributed by atoms with Crippen LogP contribution in [0, 0.1) is 13.8 Å². The number of hydrogen-bond acceptors (Lipinski definition) is 4. The van der Waals surface area contributed by atoms with Crippen LogP contribution < -0.4 is 4.72 Å². The lowest BCUT2D eigenvalue weighted by molar-refractivity contribution is 0.0613. The summed E-state index contributed by atoms with van der Waals surface area (Å²) in [5.41, 5.74) is -0.129. The molecule has 1 rings (SSSR count). The Morgan fingerprint density at radius 2 is 2.06 bits per heavy atom. The molecule has 0 aliphatic carbocycles. The van der Waals surface area contributed by atoms with Gasteiger partial charge in [0.05, 0.1) is 17.0 Å². The van der Waals surface area contributed by atoms with Crippen molar-refractivity contribution < 1.29 is 13.5 Å². The fourth-order valence-corrected chi connectivity index (χ4v) is 2.91. The minimum Gasteiger partial charge on any atom is -0.389 e. The number of nitrogens with zero attached hydrogens (tertiary/aromatic N) is 1. The van der Waals surface area contributed by atoms with Crippen LogP contribution in [0.2, 0.25) is 0 Å². The zero-order chi connectivity index (χ0) is 13.3. The van der Waals surface area contributed by atoms with Gasteiger partial charge in [0.15, 0.2) is 0 Å². The Bertz CT molecular complexity index is 471. The molecule has 0 aliphatic rings. The van der Waals surface area contributed by atoms with E-state index in [1.165, 1.54) is 0 Å². The van der Waals surface area contributed by atoms with Gasteiger partial charge in [-0.25, -0.2) is 13.1 Å². The minimum atomic E-state index is -3.63. The van der Waals surface area contributed by atoms with Gasteiger partial charge in [0.25, 0.3) is 0 Å². The number of aryl methyl sites for hydroxylation is 2. The van der Waals surface area contributed by atoms with Crippen molar-refractivity contribution in [1.29, 1.82) is 0 Å². The van der Waals surface area contributed by atoms with Gasteiger partial charge in [0.2, 0.25) is 10.0 Å². The molecule has 17 heavy (non-hydrogen) atoms. The molecular formula is C10H19N3O3S. The lowest BCUT2D eigenvalue weighted by Gasteiger charge is -2.21. The second-order valence-electron chi connectivity index (χ2n) is 4.44. The van der Waals surface area contributed by atoms with Crippen molar-refractivity contribution in [2.45, 2.75) is 44.6 Å². The summed E-state index contributed by atoms with van der Waals surface area (Å²) >= 11 is 0.